The molecule has 282 valence electrons. The molecule has 5 aliphatic rings. The fraction of sp³-hybridized carbons (Fsp3) is 0.419. The molecule has 6 heterocycles. The molecule has 2 saturated heterocycles. The number of nitrogens with zero attached hydrogens (tertiary/aromatic N) is 6. The molecule has 2 saturated carbocycles. The van der Waals surface area contributed by atoms with Gasteiger partial charge in [-0.25, -0.2) is 15.0 Å². The number of hydrogen-bond acceptors (Lipinski definition) is 8. The van der Waals surface area contributed by atoms with Crippen molar-refractivity contribution in [1.82, 2.24) is 29.6 Å². The van der Waals surface area contributed by atoms with Crippen molar-refractivity contribution in [3.8, 4) is 11.1 Å². The van der Waals surface area contributed by atoms with Gasteiger partial charge in [0.2, 0.25) is 11.8 Å². The van der Waals surface area contributed by atoms with Gasteiger partial charge in [-0.15, -0.1) is 0 Å². The lowest BCUT2D eigenvalue weighted by molar-refractivity contribution is -0.138. The van der Waals surface area contributed by atoms with Crippen LogP contribution in [0.3, 0.4) is 0 Å². The summed E-state index contributed by atoms with van der Waals surface area (Å²) in [6, 6.07) is 15.7. The maximum absolute atomic E-state index is 14.7. The minimum atomic E-state index is -0.734. The summed E-state index contributed by atoms with van der Waals surface area (Å²) in [7, 11) is 0. The number of carbonyl (C=O) groups is 3. The first kappa shape index (κ1) is 35.9. The Hall–Kier alpha value is -4.81. The van der Waals surface area contributed by atoms with Crippen LogP contribution >= 0.6 is 15.9 Å². The van der Waals surface area contributed by atoms with Gasteiger partial charge in [0.25, 0.3) is 0 Å². The van der Waals surface area contributed by atoms with Crippen molar-refractivity contribution in [2.24, 2.45) is 17.3 Å². The zero-order valence-electron chi connectivity index (χ0n) is 31.3. The summed E-state index contributed by atoms with van der Waals surface area (Å²) in [6.07, 6.45) is 10.8. The quantitative estimate of drug-likeness (QED) is 0.149. The number of aryl methyl sites for hydroxylation is 4. The first-order valence-corrected chi connectivity index (χ1v) is 20.2. The van der Waals surface area contributed by atoms with Crippen molar-refractivity contribution in [2.75, 3.05) is 11.9 Å². The second-order valence-corrected chi connectivity index (χ2v) is 16.7. The molecule has 4 fully saturated rings. The van der Waals surface area contributed by atoms with Crippen molar-refractivity contribution in [3.63, 3.8) is 0 Å². The maximum Gasteiger partial charge on any atom is 0.249 e. The summed E-state index contributed by atoms with van der Waals surface area (Å²) in [5, 5.41) is 8.61. The summed E-state index contributed by atoms with van der Waals surface area (Å²) in [5.74, 6) is 0.897. The third-order valence-corrected chi connectivity index (χ3v) is 12.7. The monoisotopic (exact) mass is 801 g/mol. The van der Waals surface area contributed by atoms with Crippen LogP contribution in [0.15, 0.2) is 65.5 Å². The van der Waals surface area contributed by atoms with E-state index in [0.717, 1.165) is 78.3 Å². The fourth-order valence-electron chi connectivity index (χ4n) is 9.53. The van der Waals surface area contributed by atoms with E-state index in [1.54, 1.807) is 22.0 Å². The Morgan fingerprint density at radius 1 is 0.927 bits per heavy atom. The lowest BCUT2D eigenvalue weighted by atomic mass is 9.90. The van der Waals surface area contributed by atoms with E-state index in [2.05, 4.69) is 66.5 Å². The van der Waals surface area contributed by atoms with Crippen LogP contribution in [0.1, 0.15) is 77.6 Å². The van der Waals surface area contributed by atoms with Gasteiger partial charge in [0.05, 0.1) is 18.7 Å². The molecule has 12 heteroatoms. The number of piperidine rings is 1. The van der Waals surface area contributed by atoms with E-state index in [9.17, 15) is 14.4 Å². The Morgan fingerprint density at radius 2 is 1.67 bits per heavy atom. The normalized spacial score (nSPS) is 24.9. The highest BCUT2D eigenvalue weighted by molar-refractivity contribution is 9.10. The predicted molar refractivity (Wildman–Crippen MR) is 211 cm³/mol. The number of benzene rings is 2. The number of aromatic nitrogens is 5. The van der Waals surface area contributed by atoms with Crippen LogP contribution in [0.4, 0.5) is 5.82 Å². The van der Waals surface area contributed by atoms with E-state index in [1.807, 2.05) is 32.0 Å². The number of anilines is 1. The standard InChI is InChI=1S/C43H44BrN7O4/c1-24-14-15-33(44)47-41(24)48-42(54)40-43-23-55-22-28-12-9-11-27(16-28)10-7-5-4-6-8-13-29-17-30(31-19-45-26(3)46-20-31)18-32-37(25(2)52)49-50(38(29)32)21-34(53)51(40)39-35(43)36(39)43/h9,11-12,14-20,35-36,39-40H,4-8,10,13,21-23H2,1-3H3,(H,47,48,54)/t35-,36?,39?,40+,43?/m0/s1. The minimum Gasteiger partial charge on any atom is -0.376 e. The first-order chi connectivity index (χ1) is 26.6. The van der Waals surface area contributed by atoms with Crippen molar-refractivity contribution in [2.45, 2.75) is 91.0 Å². The van der Waals surface area contributed by atoms with Crippen LogP contribution in [-0.4, -0.2) is 65.9 Å². The number of carbonyl (C=O) groups excluding carboxylic acids is 3. The van der Waals surface area contributed by atoms with E-state index in [1.165, 1.54) is 12.5 Å². The average molecular weight is 803 g/mol. The van der Waals surface area contributed by atoms with Crippen LogP contribution < -0.4 is 5.32 Å². The molecule has 2 aromatic carbocycles. The number of ketones is 1. The fourth-order valence-corrected chi connectivity index (χ4v) is 9.84. The number of fused-ring (bicyclic) bond motifs is 2. The van der Waals surface area contributed by atoms with Crippen LogP contribution in [0, 0.1) is 31.1 Å². The number of pyridine rings is 1. The zero-order valence-corrected chi connectivity index (χ0v) is 32.9. The van der Waals surface area contributed by atoms with E-state index >= 15 is 0 Å². The van der Waals surface area contributed by atoms with Gasteiger partial charge in [-0.05, 0) is 113 Å². The molecule has 1 N–H and O–H groups in total. The van der Waals surface area contributed by atoms with Gasteiger partial charge in [0.1, 0.15) is 34.5 Å². The number of ether oxygens (including phenoxy) is 1. The molecule has 3 unspecified atom stereocenters. The Morgan fingerprint density at radius 3 is 2.45 bits per heavy atom. The van der Waals surface area contributed by atoms with Crippen LogP contribution in [0.2, 0.25) is 0 Å². The molecule has 11 nitrogen and oxygen atoms in total. The summed E-state index contributed by atoms with van der Waals surface area (Å²) in [4.78, 5) is 57.5. The van der Waals surface area contributed by atoms with Gasteiger partial charge in [0.15, 0.2) is 5.78 Å². The summed E-state index contributed by atoms with van der Waals surface area (Å²) in [6.45, 7) is 6.00. The third-order valence-electron chi connectivity index (χ3n) is 12.2. The SMILES string of the molecule is CC(=O)c1nn2c3c(cc(-c4cnc(C)nc4)cc13)CCCCCCCc1cccc(c1)COCC13C4C([C@H]41)N(C(=O)C2)[C@@H]3C(=O)Nc1nc(Br)ccc1C. The summed E-state index contributed by atoms with van der Waals surface area (Å²) < 4.78 is 8.76. The van der Waals surface area contributed by atoms with Gasteiger partial charge in [-0.1, -0.05) is 49.6 Å². The lowest BCUT2D eigenvalue weighted by Gasteiger charge is -2.28. The van der Waals surface area contributed by atoms with E-state index in [-0.39, 0.29) is 42.0 Å². The Bertz CT molecular complexity index is 2350. The van der Waals surface area contributed by atoms with Crippen molar-refractivity contribution in [1.29, 1.82) is 0 Å². The average Bonchev–Trinajstić information content (AvgIpc) is 3.93. The van der Waals surface area contributed by atoms with Crippen LogP contribution in [0.25, 0.3) is 22.0 Å². The number of amides is 2. The highest BCUT2D eigenvalue weighted by Crippen LogP contribution is 2.86. The van der Waals surface area contributed by atoms with Crippen molar-refractivity contribution < 1.29 is 19.1 Å². The number of nitrogens with one attached hydrogen (secondary N) is 1. The largest absolute Gasteiger partial charge is 0.376 e. The first-order valence-electron chi connectivity index (χ1n) is 19.4. The molecule has 2 aliphatic carbocycles. The summed E-state index contributed by atoms with van der Waals surface area (Å²) in [5.41, 5.74) is 6.67. The Balaban J connectivity index is 1.10. The van der Waals surface area contributed by atoms with Crippen LogP contribution in [-0.2, 0) is 40.3 Å². The van der Waals surface area contributed by atoms with E-state index < -0.39 is 11.5 Å². The molecule has 5 aromatic rings. The number of hydrogen-bond donors (Lipinski definition) is 1. The molecular formula is C43H44BrN7O4. The summed E-state index contributed by atoms with van der Waals surface area (Å²) >= 11 is 3.44. The smallest absolute Gasteiger partial charge is 0.249 e. The topological polar surface area (TPSA) is 132 Å². The Kier molecular flexibility index (Phi) is 9.16. The van der Waals surface area contributed by atoms with Gasteiger partial charge in [0, 0.05) is 41.7 Å². The van der Waals surface area contributed by atoms with Crippen molar-refractivity contribution in [3.05, 3.63) is 99.3 Å². The van der Waals surface area contributed by atoms with Gasteiger partial charge in [-0.3, -0.25) is 19.1 Å². The Labute approximate surface area is 328 Å². The molecule has 5 bridgehead atoms. The molecule has 10 rings (SSSR count). The van der Waals surface area contributed by atoms with E-state index in [0.29, 0.717) is 40.5 Å². The highest BCUT2D eigenvalue weighted by atomic mass is 79.9. The number of rotatable bonds is 4. The molecular weight excluding hydrogens is 758 g/mol. The maximum atomic E-state index is 14.7. The van der Waals surface area contributed by atoms with E-state index in [4.69, 9.17) is 9.84 Å². The van der Waals surface area contributed by atoms with Gasteiger partial charge >= 0.3 is 0 Å². The van der Waals surface area contributed by atoms with Crippen LogP contribution in [0.5, 0.6) is 0 Å². The van der Waals surface area contributed by atoms with Gasteiger partial charge < -0.3 is 15.0 Å². The zero-order chi connectivity index (χ0) is 38.0. The highest BCUT2D eigenvalue weighted by Gasteiger charge is 2.95. The molecule has 0 radical (unpaired) electrons. The second-order valence-electron chi connectivity index (χ2n) is 15.8. The molecule has 1 spiro atoms. The number of halogens is 1. The minimum absolute atomic E-state index is 0.0358. The van der Waals surface area contributed by atoms with Gasteiger partial charge in [-0.2, -0.15) is 5.10 Å². The second kappa shape index (κ2) is 14.0. The predicted octanol–water partition coefficient (Wildman–Crippen LogP) is 7.20. The molecule has 5 atom stereocenters. The molecule has 3 aliphatic heterocycles. The number of Topliss-reactive ketones (excluding diaryl/α,β-unsaturated/α-hetero) is 1. The third kappa shape index (κ3) is 6.36. The lowest BCUT2D eigenvalue weighted by Crippen LogP contribution is -2.48. The molecule has 2 amide bonds. The van der Waals surface area contributed by atoms with Crippen molar-refractivity contribution >= 4 is 50.2 Å². The molecule has 3 aromatic heterocycles. The molecule has 55 heavy (non-hydrogen) atoms.